The first kappa shape index (κ1) is 24.8. The van der Waals surface area contributed by atoms with Gasteiger partial charge in [0, 0.05) is 23.1 Å². The van der Waals surface area contributed by atoms with Crippen LogP contribution in [0.1, 0.15) is 5.56 Å². The summed E-state index contributed by atoms with van der Waals surface area (Å²) in [7, 11) is 0. The van der Waals surface area contributed by atoms with Gasteiger partial charge in [-0.05, 0) is 58.8 Å². The molecule has 3 aromatic carbocycles. The summed E-state index contributed by atoms with van der Waals surface area (Å²) < 4.78 is 1.50. The van der Waals surface area contributed by atoms with Gasteiger partial charge in [-0.15, -0.1) is 10.2 Å². The molecule has 0 saturated carbocycles. The van der Waals surface area contributed by atoms with Crippen molar-refractivity contribution in [1.29, 1.82) is 0 Å². The molecule has 1 amide bonds. The van der Waals surface area contributed by atoms with Crippen molar-refractivity contribution in [2.45, 2.75) is 12.5 Å². The summed E-state index contributed by atoms with van der Waals surface area (Å²) in [6, 6.07) is 19.7. The minimum Gasteiger partial charge on any atom is -0.325 e. The molecule has 1 aliphatic rings. The Morgan fingerprint density at radius 3 is 2.56 bits per heavy atom. The summed E-state index contributed by atoms with van der Waals surface area (Å²) in [5.41, 5.74) is 4.27. The molecule has 1 N–H and O–H groups in total. The molecule has 1 aliphatic heterocycles. The number of halogens is 1. The number of aromatic nitrogens is 6. The predicted octanol–water partition coefficient (Wildman–Crippen LogP) is 3.41. The fraction of sp³-hybridized carbons (Fsp3) is 0.154. The molecule has 0 bridgehead atoms. The summed E-state index contributed by atoms with van der Waals surface area (Å²) in [6.45, 7) is -0.0186. The first-order chi connectivity index (χ1) is 19.1. The molecule has 2 aromatic heterocycles. The molecule has 1 unspecified atom stereocenters. The molecule has 0 aliphatic carbocycles. The van der Waals surface area contributed by atoms with Crippen LogP contribution in [0, 0.1) is 0 Å². The zero-order chi connectivity index (χ0) is 26.6. The number of hydroxylamine groups is 3. The van der Waals surface area contributed by atoms with E-state index in [0.717, 1.165) is 11.1 Å². The van der Waals surface area contributed by atoms with Crippen LogP contribution in [-0.2, 0) is 20.9 Å². The molecule has 39 heavy (non-hydrogen) atoms. The molecule has 1 fully saturated rings. The highest BCUT2D eigenvalue weighted by atomic mass is 35.5. The number of rotatable bonds is 7. The quantitative estimate of drug-likeness (QED) is 0.326. The maximum atomic E-state index is 13.6. The lowest BCUT2D eigenvalue weighted by molar-refractivity contribution is -0.279. The molecular weight excluding hydrogens is 522 g/mol. The van der Waals surface area contributed by atoms with Crippen molar-refractivity contribution in [3.05, 3.63) is 96.0 Å². The van der Waals surface area contributed by atoms with Crippen LogP contribution in [0.25, 0.3) is 16.7 Å². The number of fused-ring (bicyclic) bond motifs is 1. The third-order valence-electron chi connectivity index (χ3n) is 6.14. The van der Waals surface area contributed by atoms with E-state index in [4.69, 9.17) is 21.3 Å². The number of benzene rings is 3. The van der Waals surface area contributed by atoms with Crippen LogP contribution >= 0.6 is 11.6 Å². The molecular formula is C26H22ClN9O3. The highest BCUT2D eigenvalue weighted by Gasteiger charge is 2.32. The maximum absolute atomic E-state index is 13.6. The maximum Gasteiger partial charge on any atom is 0.244 e. The van der Waals surface area contributed by atoms with Gasteiger partial charge in [-0.1, -0.05) is 41.9 Å². The highest BCUT2D eigenvalue weighted by Crippen LogP contribution is 2.30. The lowest BCUT2D eigenvalue weighted by atomic mass is 10.0. The number of nitrogens with zero attached hydrogens (tertiary/aromatic N) is 8. The molecule has 5 aromatic rings. The molecule has 0 spiro atoms. The highest BCUT2D eigenvalue weighted by molar-refractivity contribution is 6.31. The minimum atomic E-state index is -0.689. The fourth-order valence-electron chi connectivity index (χ4n) is 4.24. The summed E-state index contributed by atoms with van der Waals surface area (Å²) in [6.07, 6.45) is 5.11. The number of tetrazole rings is 1. The molecule has 196 valence electrons. The van der Waals surface area contributed by atoms with Crippen molar-refractivity contribution in [1.82, 2.24) is 35.2 Å². The van der Waals surface area contributed by atoms with E-state index in [-0.39, 0.29) is 19.4 Å². The van der Waals surface area contributed by atoms with E-state index in [1.165, 1.54) is 16.1 Å². The molecule has 12 nitrogen and oxygen atoms in total. The van der Waals surface area contributed by atoms with Gasteiger partial charge in [-0.2, -0.15) is 4.68 Å². The average Bonchev–Trinajstić information content (AvgIpc) is 3.51. The number of carbonyl (C=O) groups excluding carboxylic acids is 1. The van der Waals surface area contributed by atoms with Gasteiger partial charge in [0.1, 0.15) is 12.4 Å². The summed E-state index contributed by atoms with van der Waals surface area (Å²) in [4.78, 5) is 34.3. The number of carbonyl (C=O) groups is 1. The zero-order valence-electron chi connectivity index (χ0n) is 20.5. The van der Waals surface area contributed by atoms with Crippen LogP contribution in [-0.4, -0.2) is 60.6 Å². The van der Waals surface area contributed by atoms with Crippen LogP contribution < -0.4 is 10.4 Å². The van der Waals surface area contributed by atoms with E-state index >= 15 is 0 Å². The van der Waals surface area contributed by atoms with Crippen molar-refractivity contribution >= 4 is 39.9 Å². The molecule has 3 heterocycles. The van der Waals surface area contributed by atoms with E-state index in [9.17, 15) is 4.79 Å². The summed E-state index contributed by atoms with van der Waals surface area (Å²) >= 11 is 6.27. The Morgan fingerprint density at radius 1 is 0.949 bits per heavy atom. The van der Waals surface area contributed by atoms with Gasteiger partial charge in [0.05, 0.1) is 22.4 Å². The molecule has 6 rings (SSSR count). The van der Waals surface area contributed by atoms with Crippen molar-refractivity contribution < 1.29 is 14.5 Å². The standard InChI is InChI=1S/C26H22ClN9O3/c27-19-6-9-23(34-15-30-32-33-34)24(13-19)35-16-39-36(17-38-35)25(12-18-4-2-1-3-5-18)26(37)31-20-7-8-21-22(14-20)29-11-10-28-21/h1-11,13-15,25H,12,16-17H2,(H,31,37). The first-order valence-corrected chi connectivity index (χ1v) is 12.4. The Kier molecular flexibility index (Phi) is 7.06. The van der Waals surface area contributed by atoms with E-state index < -0.39 is 6.04 Å². The van der Waals surface area contributed by atoms with Crippen molar-refractivity contribution in [2.75, 3.05) is 23.8 Å². The fourth-order valence-corrected chi connectivity index (χ4v) is 4.40. The third-order valence-corrected chi connectivity index (χ3v) is 6.38. The number of nitrogens with one attached hydrogen (secondary N) is 1. The van der Waals surface area contributed by atoms with Gasteiger partial charge < -0.3 is 5.32 Å². The van der Waals surface area contributed by atoms with Crippen LogP contribution in [0.5, 0.6) is 0 Å². The molecule has 1 saturated heterocycles. The second-order valence-electron chi connectivity index (χ2n) is 8.65. The topological polar surface area (TPSA) is 123 Å². The van der Waals surface area contributed by atoms with E-state index in [1.807, 2.05) is 36.4 Å². The van der Waals surface area contributed by atoms with Gasteiger partial charge in [-0.25, -0.2) is 5.06 Å². The first-order valence-electron chi connectivity index (χ1n) is 12.0. The van der Waals surface area contributed by atoms with Gasteiger partial charge in [0.25, 0.3) is 0 Å². The lowest BCUT2D eigenvalue weighted by Crippen LogP contribution is -2.52. The number of hydrogen-bond acceptors (Lipinski definition) is 10. The van der Waals surface area contributed by atoms with Crippen molar-refractivity contribution in [3.8, 4) is 5.69 Å². The third kappa shape index (κ3) is 5.54. The Labute approximate surface area is 227 Å². The largest absolute Gasteiger partial charge is 0.325 e. The SMILES string of the molecule is O=C(Nc1ccc2nccnc2c1)C(Cc1ccccc1)N1CON(c2cc(Cl)ccc2-n2cnnn2)CO1. The Bertz CT molecular complexity index is 1580. The second-order valence-corrected chi connectivity index (χ2v) is 9.09. The van der Waals surface area contributed by atoms with Crippen LogP contribution in [0.3, 0.4) is 0 Å². The number of amides is 1. The minimum absolute atomic E-state index is 0.000395. The van der Waals surface area contributed by atoms with E-state index in [0.29, 0.717) is 34.0 Å². The van der Waals surface area contributed by atoms with Gasteiger partial charge in [-0.3, -0.25) is 24.4 Å². The smallest absolute Gasteiger partial charge is 0.244 e. The normalized spacial score (nSPS) is 14.8. The number of anilines is 2. The van der Waals surface area contributed by atoms with E-state index in [1.54, 1.807) is 47.8 Å². The Morgan fingerprint density at radius 2 is 1.79 bits per heavy atom. The Hall–Kier alpha value is -4.49. The Balaban J connectivity index is 1.22. The summed E-state index contributed by atoms with van der Waals surface area (Å²) in [5.74, 6) is -0.253. The van der Waals surface area contributed by atoms with Gasteiger partial charge >= 0.3 is 0 Å². The lowest BCUT2D eigenvalue weighted by Gasteiger charge is -2.38. The van der Waals surface area contributed by atoms with Crippen LogP contribution in [0.2, 0.25) is 5.02 Å². The zero-order valence-corrected chi connectivity index (χ0v) is 21.2. The summed E-state index contributed by atoms with van der Waals surface area (Å²) in [5, 5.41) is 17.9. The van der Waals surface area contributed by atoms with Crippen molar-refractivity contribution in [3.63, 3.8) is 0 Å². The average molecular weight is 544 g/mol. The monoisotopic (exact) mass is 543 g/mol. The molecule has 0 radical (unpaired) electrons. The van der Waals surface area contributed by atoms with E-state index in [2.05, 4.69) is 30.8 Å². The molecule has 1 atom stereocenters. The van der Waals surface area contributed by atoms with Crippen LogP contribution in [0.15, 0.2) is 85.5 Å². The van der Waals surface area contributed by atoms with Gasteiger partial charge in [0.15, 0.2) is 13.5 Å². The second kappa shape index (κ2) is 11.1. The van der Waals surface area contributed by atoms with Crippen molar-refractivity contribution in [2.24, 2.45) is 0 Å². The predicted molar refractivity (Wildman–Crippen MR) is 142 cm³/mol. The number of hydrogen-bond donors (Lipinski definition) is 1. The molecule has 13 heteroatoms. The van der Waals surface area contributed by atoms with Gasteiger partial charge in [0.2, 0.25) is 5.91 Å². The van der Waals surface area contributed by atoms with Crippen LogP contribution in [0.4, 0.5) is 11.4 Å².